The maximum absolute atomic E-state index is 10.3. The monoisotopic (exact) mass is 535 g/mol. The molecule has 0 aromatic heterocycles. The molecule has 2 fully saturated rings. The second-order valence-electron chi connectivity index (χ2n) is 14.8. The van der Waals surface area contributed by atoms with Gasteiger partial charge >= 0.3 is 0 Å². The summed E-state index contributed by atoms with van der Waals surface area (Å²) in [5.41, 5.74) is 0.165. The van der Waals surface area contributed by atoms with Crippen molar-refractivity contribution in [3.05, 3.63) is 0 Å². The van der Waals surface area contributed by atoms with Crippen LogP contribution in [0.2, 0.25) is 36.3 Å². The van der Waals surface area contributed by atoms with E-state index in [4.69, 9.17) is 8.85 Å². The van der Waals surface area contributed by atoms with Gasteiger partial charge in [-0.3, -0.25) is 0 Å². The van der Waals surface area contributed by atoms with Crippen LogP contribution in [0.25, 0.3) is 0 Å². The molecule has 2 aliphatic rings. The van der Waals surface area contributed by atoms with Crippen LogP contribution in [-0.4, -0.2) is 28.3 Å². The van der Waals surface area contributed by atoms with E-state index in [9.17, 15) is 5.26 Å². The molecule has 5 heteroatoms. The van der Waals surface area contributed by atoms with Gasteiger partial charge in [-0.05, 0) is 112 Å². The predicted octanol–water partition coefficient (Wildman–Crippen LogP) is 9.95. The van der Waals surface area contributed by atoms with E-state index < -0.39 is 16.6 Å². The fraction of sp³-hybridized carbons (Fsp3) is 0.968. The fourth-order valence-electron chi connectivity index (χ4n) is 7.55. The molecule has 0 N–H and O–H groups in total. The van der Waals surface area contributed by atoms with Gasteiger partial charge in [0.1, 0.15) is 0 Å². The van der Waals surface area contributed by atoms with Gasteiger partial charge in [0.05, 0.1) is 11.7 Å². The summed E-state index contributed by atoms with van der Waals surface area (Å²) in [6, 6.07) is 6.32. The first-order valence-electron chi connectivity index (χ1n) is 15.3. The minimum absolute atomic E-state index is 0.107. The summed E-state index contributed by atoms with van der Waals surface area (Å²) >= 11 is 0. The van der Waals surface area contributed by atoms with Gasteiger partial charge in [-0.1, -0.05) is 61.8 Å². The third-order valence-electron chi connectivity index (χ3n) is 11.3. The van der Waals surface area contributed by atoms with Gasteiger partial charge in [0, 0.05) is 12.0 Å². The summed E-state index contributed by atoms with van der Waals surface area (Å²) in [5, 5.41) is 10.5. The molecule has 0 saturated heterocycles. The van der Waals surface area contributed by atoms with Gasteiger partial charge < -0.3 is 8.85 Å². The molecule has 2 aliphatic carbocycles. The molecular weight excluding hydrogens is 475 g/mol. The maximum atomic E-state index is 10.3. The molecule has 2 rings (SSSR count). The predicted molar refractivity (Wildman–Crippen MR) is 160 cm³/mol. The quantitative estimate of drug-likeness (QED) is 0.233. The average Bonchev–Trinajstić information content (AvgIpc) is 3.14. The van der Waals surface area contributed by atoms with Crippen LogP contribution in [-0.2, 0) is 8.85 Å². The molecule has 0 aromatic carbocycles. The Hall–Kier alpha value is -0.156. The Labute approximate surface area is 227 Å². The van der Waals surface area contributed by atoms with Gasteiger partial charge in [0.2, 0.25) is 0 Å². The molecule has 0 aromatic rings. The lowest BCUT2D eigenvalue weighted by atomic mass is 9.60. The van der Waals surface area contributed by atoms with Crippen LogP contribution in [0.3, 0.4) is 0 Å². The molecule has 2 saturated carbocycles. The van der Waals surface area contributed by atoms with E-state index in [1.807, 2.05) is 0 Å². The summed E-state index contributed by atoms with van der Waals surface area (Å²) in [4.78, 5) is 0. The Kier molecular flexibility index (Phi) is 10.6. The van der Waals surface area contributed by atoms with Crippen LogP contribution >= 0.6 is 0 Å². The second-order valence-corrected chi connectivity index (χ2v) is 24.3. The Morgan fingerprint density at radius 2 is 1.58 bits per heavy atom. The van der Waals surface area contributed by atoms with Crippen molar-refractivity contribution in [1.82, 2.24) is 0 Å². The van der Waals surface area contributed by atoms with E-state index in [0.29, 0.717) is 29.3 Å². The third kappa shape index (κ3) is 6.88. The van der Waals surface area contributed by atoms with Crippen molar-refractivity contribution in [3.63, 3.8) is 0 Å². The van der Waals surface area contributed by atoms with Gasteiger partial charge in [0.25, 0.3) is 0 Å². The normalized spacial score (nSPS) is 29.5. The first-order chi connectivity index (χ1) is 16.5. The molecule has 3 nitrogen and oxygen atoms in total. The number of hydrogen-bond donors (Lipinski definition) is 0. The largest absolute Gasteiger partial charge is 0.414 e. The molecule has 0 bridgehead atoms. The molecule has 36 heavy (non-hydrogen) atoms. The summed E-state index contributed by atoms with van der Waals surface area (Å²) in [6.45, 7) is 28.3. The number of fused-ring (bicyclic) bond motifs is 1. The highest BCUT2D eigenvalue weighted by Crippen LogP contribution is 2.60. The number of nitrogens with zero attached hydrogens (tertiary/aromatic N) is 1. The molecular formula is C31H61NO2Si2. The van der Waals surface area contributed by atoms with Crippen molar-refractivity contribution < 1.29 is 8.85 Å². The summed E-state index contributed by atoms with van der Waals surface area (Å²) in [7, 11) is -3.45. The van der Waals surface area contributed by atoms with Crippen molar-refractivity contribution >= 4 is 16.6 Å². The Morgan fingerprint density at radius 1 is 1.00 bits per heavy atom. The molecule has 0 heterocycles. The van der Waals surface area contributed by atoms with Crippen molar-refractivity contribution in [2.45, 2.75) is 162 Å². The molecule has 0 radical (unpaired) electrons. The van der Waals surface area contributed by atoms with Crippen molar-refractivity contribution in [1.29, 1.82) is 5.26 Å². The van der Waals surface area contributed by atoms with Crippen LogP contribution in [0.1, 0.15) is 114 Å². The van der Waals surface area contributed by atoms with E-state index in [1.54, 1.807) is 0 Å². The zero-order chi connectivity index (χ0) is 27.6. The van der Waals surface area contributed by atoms with Gasteiger partial charge in [-0.2, -0.15) is 5.26 Å². The second kappa shape index (κ2) is 11.9. The van der Waals surface area contributed by atoms with E-state index in [0.717, 1.165) is 12.8 Å². The first-order valence-corrected chi connectivity index (χ1v) is 20.7. The summed E-state index contributed by atoms with van der Waals surface area (Å²) in [5.74, 6) is 1.81. The topological polar surface area (TPSA) is 42.2 Å². The Morgan fingerprint density at radius 3 is 2.08 bits per heavy atom. The van der Waals surface area contributed by atoms with Crippen LogP contribution in [0.15, 0.2) is 0 Å². The van der Waals surface area contributed by atoms with Crippen molar-refractivity contribution in [2.75, 3.05) is 0 Å². The molecule has 6 atom stereocenters. The molecule has 2 unspecified atom stereocenters. The number of rotatable bonds is 12. The van der Waals surface area contributed by atoms with Crippen LogP contribution in [0, 0.1) is 40.4 Å². The zero-order valence-electron chi connectivity index (χ0n) is 26.2. The minimum Gasteiger partial charge on any atom is -0.414 e. The SMILES string of the molecule is CC[Si](CC)(CC)OC(C)(C)CCC(C#N)[C@H](C)C1CC[C@H]2[C@@H](O[Si](C)(C)C(C)(C)C)CCC[C@]12C. The third-order valence-corrected chi connectivity index (χ3v) is 20.7. The Balaban J connectivity index is 2.12. The lowest BCUT2D eigenvalue weighted by molar-refractivity contribution is -0.0254. The van der Waals surface area contributed by atoms with Crippen molar-refractivity contribution in [2.24, 2.45) is 29.1 Å². The number of nitriles is 1. The molecule has 0 aliphatic heterocycles. The highest BCUT2D eigenvalue weighted by Gasteiger charge is 2.55. The summed E-state index contributed by atoms with van der Waals surface area (Å²) in [6.07, 6.45) is 8.66. The Bertz CT molecular complexity index is 740. The van der Waals surface area contributed by atoms with E-state index in [-0.39, 0.29) is 16.6 Å². The van der Waals surface area contributed by atoms with Gasteiger partial charge in [-0.25, -0.2) is 0 Å². The standard InChI is InChI=1S/C31H61NO2Si2/c1-13-36(14-2,15-3)34-30(8,9)22-20-25(23-32)24(4)26-18-19-27-28(17-16-21-31(26,27)10)33-35(11,12)29(5,6)7/h24-28H,13-22H2,1-12H3/t24-,25?,26?,27-,28-,31+/m0/s1. The van der Waals surface area contributed by atoms with E-state index in [2.05, 4.69) is 88.4 Å². The summed E-state index contributed by atoms with van der Waals surface area (Å²) < 4.78 is 14.0. The van der Waals surface area contributed by atoms with E-state index in [1.165, 1.54) is 50.2 Å². The van der Waals surface area contributed by atoms with Gasteiger partial charge in [-0.15, -0.1) is 0 Å². The fourth-order valence-corrected chi connectivity index (χ4v) is 12.2. The number of hydrogen-bond acceptors (Lipinski definition) is 3. The average molecular weight is 536 g/mol. The lowest BCUT2D eigenvalue weighted by Gasteiger charge is -2.50. The smallest absolute Gasteiger partial charge is 0.192 e. The minimum atomic E-state index is -1.79. The zero-order valence-corrected chi connectivity index (χ0v) is 28.2. The molecule has 0 amide bonds. The van der Waals surface area contributed by atoms with Crippen LogP contribution < -0.4 is 0 Å². The highest BCUT2D eigenvalue weighted by atomic mass is 28.4. The molecule has 0 spiro atoms. The van der Waals surface area contributed by atoms with Crippen LogP contribution in [0.5, 0.6) is 0 Å². The maximum Gasteiger partial charge on any atom is 0.192 e. The van der Waals surface area contributed by atoms with Crippen molar-refractivity contribution in [3.8, 4) is 6.07 Å². The van der Waals surface area contributed by atoms with Crippen LogP contribution in [0.4, 0.5) is 0 Å². The first kappa shape index (κ1) is 32.1. The van der Waals surface area contributed by atoms with E-state index >= 15 is 0 Å². The lowest BCUT2D eigenvalue weighted by Crippen LogP contribution is -2.50. The highest BCUT2D eigenvalue weighted by molar-refractivity contribution is 6.74. The van der Waals surface area contributed by atoms with Gasteiger partial charge in [0.15, 0.2) is 16.6 Å². The molecule has 210 valence electrons.